The maximum absolute atomic E-state index is 11.5. The maximum Gasteiger partial charge on any atom is 0.295 e. The molecule has 0 heterocycles. The third-order valence-corrected chi connectivity index (χ3v) is 4.22. The number of rotatable bonds is 2. The van der Waals surface area contributed by atoms with Crippen molar-refractivity contribution in [3.05, 3.63) is 24.3 Å². The summed E-state index contributed by atoms with van der Waals surface area (Å²) in [6.07, 6.45) is 0. The molecule has 9 N–H and O–H groups in total. The van der Waals surface area contributed by atoms with Crippen LogP contribution in [0, 0.1) is 0 Å². The van der Waals surface area contributed by atoms with Crippen LogP contribution in [0.3, 0.4) is 0 Å². The second-order valence-electron chi connectivity index (χ2n) is 4.45. The van der Waals surface area contributed by atoms with Gasteiger partial charge in [-0.1, -0.05) is 0 Å². The minimum Gasteiger partial charge on any atom is -0.397 e. The van der Waals surface area contributed by atoms with Crippen molar-refractivity contribution in [3.8, 4) is 11.1 Å². The van der Waals surface area contributed by atoms with Crippen LogP contribution in [-0.2, 0) is 10.1 Å². The molecule has 0 unspecified atom stereocenters. The normalized spacial score (nSPS) is 11.5. The first-order valence-electron chi connectivity index (χ1n) is 5.66. The molecule has 2 aromatic carbocycles. The van der Waals surface area contributed by atoms with Crippen LogP contribution >= 0.6 is 12.6 Å². The van der Waals surface area contributed by atoms with Crippen molar-refractivity contribution in [2.24, 2.45) is 0 Å². The van der Waals surface area contributed by atoms with E-state index in [2.05, 4.69) is 12.6 Å². The van der Waals surface area contributed by atoms with Crippen LogP contribution in [-0.4, -0.2) is 13.0 Å². The highest BCUT2D eigenvalue weighted by atomic mass is 32.2. The van der Waals surface area contributed by atoms with Gasteiger partial charge in [-0.2, -0.15) is 8.42 Å². The fourth-order valence-corrected chi connectivity index (χ4v) is 2.92. The lowest BCUT2D eigenvalue weighted by Gasteiger charge is -2.14. The molecule has 0 aliphatic rings. The van der Waals surface area contributed by atoms with Crippen molar-refractivity contribution < 1.29 is 13.0 Å². The predicted octanol–water partition coefficient (Wildman–Crippen LogP) is 1.22. The Labute approximate surface area is 127 Å². The summed E-state index contributed by atoms with van der Waals surface area (Å²) in [5, 5.41) is 0. The molecule has 7 nitrogen and oxygen atoms in total. The van der Waals surface area contributed by atoms with Crippen LogP contribution in [0.15, 0.2) is 34.1 Å². The zero-order chi connectivity index (χ0) is 15.9. The lowest BCUT2D eigenvalue weighted by atomic mass is 10.0. The Kier molecular flexibility index (Phi) is 3.66. The van der Waals surface area contributed by atoms with E-state index in [4.69, 9.17) is 22.9 Å². The zero-order valence-corrected chi connectivity index (χ0v) is 12.4. The van der Waals surface area contributed by atoms with Gasteiger partial charge in [-0.3, -0.25) is 4.55 Å². The number of nitrogen functional groups attached to an aromatic ring is 4. The molecule has 0 saturated heterocycles. The minimum absolute atomic E-state index is 0.0375. The van der Waals surface area contributed by atoms with Gasteiger partial charge in [0, 0.05) is 10.5 Å². The molecule has 0 saturated carbocycles. The van der Waals surface area contributed by atoms with Gasteiger partial charge in [0.05, 0.1) is 22.7 Å². The molecule has 21 heavy (non-hydrogen) atoms. The van der Waals surface area contributed by atoms with Crippen LogP contribution in [0.2, 0.25) is 0 Å². The van der Waals surface area contributed by atoms with Crippen molar-refractivity contribution in [2.45, 2.75) is 9.79 Å². The Balaban J connectivity index is 2.87. The van der Waals surface area contributed by atoms with E-state index in [1.165, 1.54) is 18.2 Å². The molecule has 0 atom stereocenters. The molecule has 0 amide bonds. The fourth-order valence-electron chi connectivity index (χ4n) is 1.87. The van der Waals surface area contributed by atoms with E-state index in [0.29, 0.717) is 16.1 Å². The van der Waals surface area contributed by atoms with Gasteiger partial charge >= 0.3 is 0 Å². The van der Waals surface area contributed by atoms with E-state index in [1.54, 1.807) is 0 Å². The average molecular weight is 326 g/mol. The van der Waals surface area contributed by atoms with E-state index in [9.17, 15) is 13.0 Å². The summed E-state index contributed by atoms with van der Waals surface area (Å²) in [6.45, 7) is 0. The SMILES string of the molecule is Nc1cc(S)c(-c2cc(N)c(N)cc2S(=O)(=O)O)cc1N. The molecule has 112 valence electrons. The highest BCUT2D eigenvalue weighted by Gasteiger charge is 2.20. The number of hydrogen-bond acceptors (Lipinski definition) is 7. The molecular weight excluding hydrogens is 312 g/mol. The first kappa shape index (κ1) is 15.3. The van der Waals surface area contributed by atoms with Gasteiger partial charge in [-0.25, -0.2) is 0 Å². The Morgan fingerprint density at radius 3 is 1.76 bits per heavy atom. The number of hydrogen-bond donors (Lipinski definition) is 6. The van der Waals surface area contributed by atoms with E-state index in [1.807, 2.05) is 0 Å². The van der Waals surface area contributed by atoms with Gasteiger partial charge in [-0.05, 0) is 29.8 Å². The summed E-state index contributed by atoms with van der Waals surface area (Å²) in [4.78, 5) is 0.00411. The predicted molar refractivity (Wildman–Crippen MR) is 86.6 cm³/mol. The van der Waals surface area contributed by atoms with E-state index in [0.717, 1.165) is 6.07 Å². The highest BCUT2D eigenvalue weighted by Crippen LogP contribution is 2.38. The second kappa shape index (κ2) is 5.02. The topological polar surface area (TPSA) is 158 Å². The van der Waals surface area contributed by atoms with Gasteiger partial charge < -0.3 is 22.9 Å². The third kappa shape index (κ3) is 2.84. The fraction of sp³-hybridized carbons (Fsp3) is 0. The van der Waals surface area contributed by atoms with Crippen LogP contribution in [0.1, 0.15) is 0 Å². The van der Waals surface area contributed by atoms with Crippen molar-refractivity contribution in [2.75, 3.05) is 22.9 Å². The van der Waals surface area contributed by atoms with E-state index in [-0.39, 0.29) is 27.5 Å². The van der Waals surface area contributed by atoms with Crippen molar-refractivity contribution in [1.82, 2.24) is 0 Å². The van der Waals surface area contributed by atoms with Gasteiger partial charge in [0.25, 0.3) is 10.1 Å². The van der Waals surface area contributed by atoms with Crippen LogP contribution in [0.5, 0.6) is 0 Å². The standard InChI is InChI=1S/C12H14N4O3S2/c13-7-1-5(11(20)3-9(7)15)6-2-8(14)10(16)4-12(6)21(17,18)19/h1-4,20H,13-16H2,(H,17,18,19). The van der Waals surface area contributed by atoms with Crippen molar-refractivity contribution >= 4 is 45.5 Å². The van der Waals surface area contributed by atoms with Crippen molar-refractivity contribution in [3.63, 3.8) is 0 Å². The molecule has 2 rings (SSSR count). The monoisotopic (exact) mass is 326 g/mol. The minimum atomic E-state index is -4.50. The number of anilines is 4. The zero-order valence-electron chi connectivity index (χ0n) is 10.7. The number of nitrogens with two attached hydrogens (primary N) is 4. The lowest BCUT2D eigenvalue weighted by molar-refractivity contribution is 0.483. The lowest BCUT2D eigenvalue weighted by Crippen LogP contribution is -2.05. The van der Waals surface area contributed by atoms with Crippen LogP contribution in [0.25, 0.3) is 11.1 Å². The molecule has 0 aliphatic carbocycles. The summed E-state index contributed by atoms with van der Waals surface area (Å²) in [5.41, 5.74) is 23.9. The largest absolute Gasteiger partial charge is 0.397 e. The van der Waals surface area contributed by atoms with Crippen LogP contribution < -0.4 is 22.9 Å². The molecule has 2 aromatic rings. The summed E-state index contributed by atoms with van der Waals surface area (Å²) in [7, 11) is -4.50. The maximum atomic E-state index is 11.5. The molecule has 0 fully saturated rings. The summed E-state index contributed by atoms with van der Waals surface area (Å²) < 4.78 is 32.4. The van der Waals surface area contributed by atoms with E-state index < -0.39 is 10.1 Å². The number of benzene rings is 2. The van der Waals surface area contributed by atoms with Crippen molar-refractivity contribution in [1.29, 1.82) is 0 Å². The molecule has 0 spiro atoms. The smallest absolute Gasteiger partial charge is 0.295 e. The molecule has 0 radical (unpaired) electrons. The van der Waals surface area contributed by atoms with Gasteiger partial charge in [0.15, 0.2) is 0 Å². The molecule has 0 aromatic heterocycles. The van der Waals surface area contributed by atoms with Crippen LogP contribution in [0.4, 0.5) is 22.7 Å². The molecule has 0 aliphatic heterocycles. The van der Waals surface area contributed by atoms with Gasteiger partial charge in [-0.15, -0.1) is 12.6 Å². The van der Waals surface area contributed by atoms with Gasteiger partial charge in [0.2, 0.25) is 0 Å². The molecule has 9 heteroatoms. The Morgan fingerprint density at radius 2 is 1.24 bits per heavy atom. The van der Waals surface area contributed by atoms with E-state index >= 15 is 0 Å². The third-order valence-electron chi connectivity index (χ3n) is 2.95. The Hall–Kier alpha value is -2.10. The average Bonchev–Trinajstić information content (AvgIpc) is 2.35. The molecule has 0 bridgehead atoms. The number of thiol groups is 1. The summed E-state index contributed by atoms with van der Waals surface area (Å²) in [5.74, 6) is 0. The first-order valence-corrected chi connectivity index (χ1v) is 7.55. The quantitative estimate of drug-likeness (QED) is 0.275. The summed E-state index contributed by atoms with van der Waals surface area (Å²) in [6, 6.07) is 5.36. The Bertz CT molecular complexity index is 835. The summed E-state index contributed by atoms with van der Waals surface area (Å²) >= 11 is 4.25. The highest BCUT2D eigenvalue weighted by molar-refractivity contribution is 7.86. The molecular formula is C12H14N4O3S2. The first-order chi connectivity index (χ1) is 9.61. The second-order valence-corrected chi connectivity index (χ2v) is 6.32. The van der Waals surface area contributed by atoms with Gasteiger partial charge in [0.1, 0.15) is 4.90 Å². The Morgan fingerprint density at radius 1 is 0.810 bits per heavy atom.